The Balaban J connectivity index is 3.06. The molecule has 0 radical (unpaired) electrons. The molecule has 0 fully saturated rings. The molecule has 2 unspecified atom stereocenters. The van der Waals surface area contributed by atoms with Gasteiger partial charge in [0, 0.05) is 12.3 Å². The highest BCUT2D eigenvalue weighted by Crippen LogP contribution is 2.28. The van der Waals surface area contributed by atoms with Crippen LogP contribution in [-0.4, -0.2) is 20.7 Å². The van der Waals surface area contributed by atoms with Gasteiger partial charge >= 0.3 is 0 Å². The lowest BCUT2D eigenvalue weighted by Crippen LogP contribution is -2.24. The van der Waals surface area contributed by atoms with Crippen LogP contribution in [0.2, 0.25) is 0 Å². The first-order valence-electron chi connectivity index (χ1n) is 6.12. The van der Waals surface area contributed by atoms with Crippen molar-refractivity contribution >= 4 is 21.2 Å². The van der Waals surface area contributed by atoms with Gasteiger partial charge in [0.05, 0.1) is 16.3 Å². The molecule has 0 heterocycles. The van der Waals surface area contributed by atoms with Gasteiger partial charge in [0.1, 0.15) is 0 Å². The Kier molecular flexibility index (Phi) is 4.62. The van der Waals surface area contributed by atoms with E-state index < -0.39 is 9.84 Å². The Morgan fingerprint density at radius 3 is 2.44 bits per heavy atom. The molecule has 3 N–H and O–H groups in total. The molecule has 102 valence electrons. The fraction of sp³-hybridized carbons (Fsp3) is 0.538. The van der Waals surface area contributed by atoms with Gasteiger partial charge in [-0.25, -0.2) is 8.42 Å². The quantitative estimate of drug-likeness (QED) is 0.806. The summed E-state index contributed by atoms with van der Waals surface area (Å²) < 4.78 is 23.1. The molecule has 0 bridgehead atoms. The molecule has 1 rings (SSSR count). The Hall–Kier alpha value is -1.23. The summed E-state index contributed by atoms with van der Waals surface area (Å²) in [6.07, 6.45) is 2.22. The zero-order chi connectivity index (χ0) is 13.9. The van der Waals surface area contributed by atoms with Crippen LogP contribution in [-0.2, 0) is 9.84 Å². The van der Waals surface area contributed by atoms with E-state index in [9.17, 15) is 8.42 Å². The van der Waals surface area contributed by atoms with Gasteiger partial charge in [-0.3, -0.25) is 0 Å². The zero-order valence-corrected chi connectivity index (χ0v) is 12.2. The standard InChI is InChI=1S/C13H22N2O2S/c1-5-9(2)10(3)15-11-7-6-8-12(13(11)14)18(4,16)17/h6-10,15H,5,14H2,1-4H3. The number of nitrogens with two attached hydrogens (primary N) is 1. The van der Waals surface area contributed by atoms with Crippen LogP contribution >= 0.6 is 0 Å². The van der Waals surface area contributed by atoms with Crippen molar-refractivity contribution in [3.8, 4) is 0 Å². The van der Waals surface area contributed by atoms with Crippen molar-refractivity contribution in [2.45, 2.75) is 38.1 Å². The summed E-state index contributed by atoms with van der Waals surface area (Å²) in [6, 6.07) is 5.29. The SMILES string of the molecule is CCC(C)C(C)Nc1cccc(S(C)(=O)=O)c1N. The van der Waals surface area contributed by atoms with E-state index in [4.69, 9.17) is 5.73 Å². The first kappa shape index (κ1) is 14.8. The molecule has 0 aliphatic heterocycles. The predicted octanol–water partition coefficient (Wildman–Crippen LogP) is 2.52. The smallest absolute Gasteiger partial charge is 0.177 e. The molecule has 0 aromatic heterocycles. The minimum Gasteiger partial charge on any atom is -0.396 e. The number of anilines is 2. The van der Waals surface area contributed by atoms with E-state index in [0.717, 1.165) is 6.42 Å². The Morgan fingerprint density at radius 2 is 1.94 bits per heavy atom. The summed E-state index contributed by atoms with van der Waals surface area (Å²) in [4.78, 5) is 0.184. The largest absolute Gasteiger partial charge is 0.396 e. The van der Waals surface area contributed by atoms with Gasteiger partial charge in [-0.15, -0.1) is 0 Å². The summed E-state index contributed by atoms with van der Waals surface area (Å²) in [6.45, 7) is 6.34. The summed E-state index contributed by atoms with van der Waals surface area (Å²) in [5.41, 5.74) is 6.90. The molecular formula is C13H22N2O2S. The van der Waals surface area contributed by atoms with Crippen LogP contribution in [0, 0.1) is 5.92 Å². The van der Waals surface area contributed by atoms with Crippen molar-refractivity contribution in [2.75, 3.05) is 17.3 Å². The van der Waals surface area contributed by atoms with Gasteiger partial charge in [-0.05, 0) is 25.0 Å². The third-order valence-electron chi connectivity index (χ3n) is 3.35. The Labute approximate surface area is 110 Å². The molecule has 18 heavy (non-hydrogen) atoms. The number of nitrogens with one attached hydrogen (secondary N) is 1. The second-order valence-corrected chi connectivity index (χ2v) is 6.79. The molecule has 0 saturated heterocycles. The first-order valence-corrected chi connectivity index (χ1v) is 8.01. The summed E-state index contributed by atoms with van der Waals surface area (Å²) in [7, 11) is -3.28. The maximum Gasteiger partial charge on any atom is 0.177 e. The van der Waals surface area contributed by atoms with Gasteiger partial charge in [0.15, 0.2) is 9.84 Å². The van der Waals surface area contributed by atoms with Crippen LogP contribution in [0.15, 0.2) is 23.1 Å². The van der Waals surface area contributed by atoms with E-state index in [1.165, 1.54) is 12.3 Å². The second kappa shape index (κ2) is 5.61. The topological polar surface area (TPSA) is 72.2 Å². The minimum atomic E-state index is -3.28. The monoisotopic (exact) mass is 270 g/mol. The summed E-state index contributed by atoms with van der Waals surface area (Å²) in [5.74, 6) is 0.492. The minimum absolute atomic E-state index is 0.184. The maximum atomic E-state index is 11.6. The van der Waals surface area contributed by atoms with Crippen molar-refractivity contribution < 1.29 is 8.42 Å². The molecule has 0 spiro atoms. The molecule has 0 saturated carbocycles. The van der Waals surface area contributed by atoms with Crippen molar-refractivity contribution in [1.29, 1.82) is 0 Å². The highest BCUT2D eigenvalue weighted by Gasteiger charge is 2.16. The van der Waals surface area contributed by atoms with Crippen LogP contribution in [0.4, 0.5) is 11.4 Å². The molecule has 2 atom stereocenters. The van der Waals surface area contributed by atoms with Gasteiger partial charge in [0.2, 0.25) is 0 Å². The van der Waals surface area contributed by atoms with Crippen LogP contribution in [0.5, 0.6) is 0 Å². The molecule has 4 nitrogen and oxygen atoms in total. The normalized spacial score (nSPS) is 15.1. The van der Waals surface area contributed by atoms with E-state index in [2.05, 4.69) is 26.1 Å². The molecule has 0 aliphatic rings. The first-order chi connectivity index (χ1) is 8.27. The average molecular weight is 270 g/mol. The highest BCUT2D eigenvalue weighted by molar-refractivity contribution is 7.90. The van der Waals surface area contributed by atoms with E-state index in [0.29, 0.717) is 17.3 Å². The number of benzene rings is 1. The lowest BCUT2D eigenvalue weighted by molar-refractivity contribution is 0.495. The maximum absolute atomic E-state index is 11.6. The van der Waals surface area contributed by atoms with Crippen molar-refractivity contribution in [3.63, 3.8) is 0 Å². The number of nitrogen functional groups attached to an aromatic ring is 1. The third kappa shape index (κ3) is 3.38. The van der Waals surface area contributed by atoms with Gasteiger partial charge in [0.25, 0.3) is 0 Å². The van der Waals surface area contributed by atoms with E-state index in [1.807, 2.05) is 6.07 Å². The Bertz CT molecular complexity index is 512. The summed E-state index contributed by atoms with van der Waals surface area (Å²) in [5, 5.41) is 3.28. The second-order valence-electron chi connectivity index (χ2n) is 4.81. The lowest BCUT2D eigenvalue weighted by Gasteiger charge is -2.22. The van der Waals surface area contributed by atoms with E-state index in [1.54, 1.807) is 6.07 Å². The lowest BCUT2D eigenvalue weighted by atomic mass is 10.0. The Morgan fingerprint density at radius 1 is 1.33 bits per heavy atom. The third-order valence-corrected chi connectivity index (χ3v) is 4.50. The zero-order valence-electron chi connectivity index (χ0n) is 11.4. The van der Waals surface area contributed by atoms with Crippen molar-refractivity contribution in [1.82, 2.24) is 0 Å². The molecular weight excluding hydrogens is 248 g/mol. The molecule has 0 aliphatic carbocycles. The van der Waals surface area contributed by atoms with E-state index in [-0.39, 0.29) is 10.9 Å². The highest BCUT2D eigenvalue weighted by atomic mass is 32.2. The molecule has 1 aromatic carbocycles. The van der Waals surface area contributed by atoms with Gasteiger partial charge in [-0.1, -0.05) is 26.3 Å². The van der Waals surface area contributed by atoms with Crippen molar-refractivity contribution in [3.05, 3.63) is 18.2 Å². The van der Waals surface area contributed by atoms with E-state index >= 15 is 0 Å². The fourth-order valence-electron chi connectivity index (χ4n) is 1.73. The molecule has 5 heteroatoms. The molecule has 0 amide bonds. The number of rotatable bonds is 5. The average Bonchev–Trinajstić information content (AvgIpc) is 2.29. The number of hydrogen-bond acceptors (Lipinski definition) is 4. The van der Waals surface area contributed by atoms with Crippen LogP contribution in [0.25, 0.3) is 0 Å². The van der Waals surface area contributed by atoms with Gasteiger partial charge < -0.3 is 11.1 Å². The van der Waals surface area contributed by atoms with Crippen LogP contribution in [0.1, 0.15) is 27.2 Å². The predicted molar refractivity (Wildman–Crippen MR) is 76.5 cm³/mol. The van der Waals surface area contributed by atoms with Crippen molar-refractivity contribution in [2.24, 2.45) is 5.92 Å². The van der Waals surface area contributed by atoms with Crippen LogP contribution in [0.3, 0.4) is 0 Å². The fourth-order valence-corrected chi connectivity index (χ4v) is 2.57. The number of para-hydroxylation sites is 1. The molecule has 1 aromatic rings. The van der Waals surface area contributed by atoms with Crippen LogP contribution < -0.4 is 11.1 Å². The summed E-state index contributed by atoms with van der Waals surface area (Å²) >= 11 is 0. The number of sulfone groups is 1. The van der Waals surface area contributed by atoms with Gasteiger partial charge in [-0.2, -0.15) is 0 Å². The number of hydrogen-bond donors (Lipinski definition) is 2.